The molecule has 1 fully saturated rings. The molecule has 2 N–H and O–H groups in total. The summed E-state index contributed by atoms with van der Waals surface area (Å²) in [6.45, 7) is 10.8. The number of fused-ring (bicyclic) bond motifs is 1. The van der Waals surface area contributed by atoms with Gasteiger partial charge in [0.25, 0.3) is 0 Å². The van der Waals surface area contributed by atoms with Gasteiger partial charge in [-0.2, -0.15) is 0 Å². The van der Waals surface area contributed by atoms with Gasteiger partial charge in [0.2, 0.25) is 5.82 Å². The van der Waals surface area contributed by atoms with Crippen LogP contribution in [0.5, 0.6) is 5.75 Å². The summed E-state index contributed by atoms with van der Waals surface area (Å²) in [5, 5.41) is 14.0. The fraction of sp³-hybridized carbons (Fsp3) is 0.471. The largest absolute Gasteiger partial charge is 0.493 e. The molecule has 1 aliphatic carbocycles. The van der Waals surface area contributed by atoms with Crippen molar-refractivity contribution < 1.29 is 19.4 Å². The van der Waals surface area contributed by atoms with E-state index in [1.807, 2.05) is 43.3 Å². The molecule has 0 unspecified atom stereocenters. The molecule has 0 aliphatic heterocycles. The summed E-state index contributed by atoms with van der Waals surface area (Å²) < 4.78 is 13.8. The van der Waals surface area contributed by atoms with Crippen LogP contribution in [0.4, 0.5) is 5.82 Å². The summed E-state index contributed by atoms with van der Waals surface area (Å²) >= 11 is 6.21. The van der Waals surface area contributed by atoms with Gasteiger partial charge < -0.3 is 29.4 Å². The van der Waals surface area contributed by atoms with Crippen molar-refractivity contribution in [1.82, 2.24) is 24.4 Å². The highest BCUT2D eigenvalue weighted by Gasteiger charge is 2.30. The smallest absolute Gasteiger partial charge is 0.374 e. The van der Waals surface area contributed by atoms with E-state index in [1.165, 1.54) is 0 Å². The molecule has 1 aliphatic rings. The van der Waals surface area contributed by atoms with Crippen molar-refractivity contribution in [1.29, 1.82) is 0 Å². The number of hydrogen-bond acceptors (Lipinski definition) is 8. The second kappa shape index (κ2) is 15.0. The maximum atomic E-state index is 12.1. The number of imidazole rings is 1. The van der Waals surface area contributed by atoms with Crippen LogP contribution in [0, 0.1) is 12.8 Å². The lowest BCUT2D eigenvalue weighted by molar-refractivity contribution is 0.0684. The second-order valence-corrected chi connectivity index (χ2v) is 12.3. The Morgan fingerprint density at radius 2 is 1.89 bits per heavy atom. The Bertz CT molecular complexity index is 1600. The molecule has 0 radical (unpaired) electrons. The predicted molar refractivity (Wildman–Crippen MR) is 178 cm³/mol. The van der Waals surface area contributed by atoms with Gasteiger partial charge in [0.05, 0.1) is 18.8 Å². The molecule has 2 heterocycles. The first kappa shape index (κ1) is 32.7. The minimum absolute atomic E-state index is 0.126. The van der Waals surface area contributed by atoms with Gasteiger partial charge in [-0.25, -0.2) is 19.7 Å². The number of halogens is 1. The molecule has 0 bridgehead atoms. The Balaban J connectivity index is 1.55. The number of carboxylic acids is 1. The van der Waals surface area contributed by atoms with E-state index >= 15 is 0 Å². The number of aromatic nitrogens is 4. The fourth-order valence-corrected chi connectivity index (χ4v) is 5.71. The van der Waals surface area contributed by atoms with Crippen molar-refractivity contribution in [3.8, 4) is 17.1 Å². The molecular weight excluding hydrogens is 592 g/mol. The molecular formula is C34H43ClN6O4. The van der Waals surface area contributed by atoms with Gasteiger partial charge in [-0.15, -0.1) is 0 Å². The Labute approximate surface area is 269 Å². The van der Waals surface area contributed by atoms with Gasteiger partial charge in [0, 0.05) is 37.8 Å². The third-order valence-electron chi connectivity index (χ3n) is 8.15. The van der Waals surface area contributed by atoms with Gasteiger partial charge in [-0.05, 0) is 81.8 Å². The number of nitrogens with one attached hydrogen (secondary N) is 1. The monoisotopic (exact) mass is 634 g/mol. The van der Waals surface area contributed by atoms with Gasteiger partial charge in [-0.3, -0.25) is 0 Å². The number of anilines is 1. The Morgan fingerprint density at radius 3 is 2.58 bits per heavy atom. The number of carboxylic acid groups (broad SMARTS) is 1. The van der Waals surface area contributed by atoms with Crippen LogP contribution in [0.3, 0.4) is 0 Å². The van der Waals surface area contributed by atoms with Crippen molar-refractivity contribution >= 4 is 34.6 Å². The molecule has 2 aromatic heterocycles. The zero-order valence-electron chi connectivity index (χ0n) is 26.6. The van der Waals surface area contributed by atoms with Crippen LogP contribution in [-0.2, 0) is 11.3 Å². The summed E-state index contributed by atoms with van der Waals surface area (Å²) in [5.74, 6) is 0.836. The van der Waals surface area contributed by atoms with Crippen molar-refractivity contribution in [3.05, 3.63) is 64.4 Å². The van der Waals surface area contributed by atoms with E-state index in [-0.39, 0.29) is 11.9 Å². The lowest BCUT2D eigenvalue weighted by Crippen LogP contribution is -2.30. The number of ether oxygens (including phenoxy) is 2. The number of benzene rings is 2. The second-order valence-electron chi connectivity index (χ2n) is 11.8. The van der Waals surface area contributed by atoms with E-state index in [4.69, 9.17) is 26.1 Å². The molecule has 10 nitrogen and oxygen atoms in total. The number of carbonyl (C=O) groups is 1. The Hall–Kier alpha value is -3.73. The first-order valence-electron chi connectivity index (χ1n) is 15.7. The summed E-state index contributed by atoms with van der Waals surface area (Å²) in [4.78, 5) is 28.3. The lowest BCUT2D eigenvalue weighted by Gasteiger charge is -2.21. The average molecular weight is 635 g/mol. The number of aryl methyl sites for hydroxylation is 1. The molecule has 2 aromatic carbocycles. The Kier molecular flexibility index (Phi) is 10.9. The normalized spacial score (nSPS) is 13.8. The minimum atomic E-state index is -1.20. The zero-order valence-corrected chi connectivity index (χ0v) is 27.3. The van der Waals surface area contributed by atoms with E-state index in [2.05, 4.69) is 44.7 Å². The molecule has 0 amide bonds. The third kappa shape index (κ3) is 8.31. The summed E-state index contributed by atoms with van der Waals surface area (Å²) in [7, 11) is 1.73. The van der Waals surface area contributed by atoms with Crippen LogP contribution in [0.1, 0.15) is 61.3 Å². The van der Waals surface area contributed by atoms with Gasteiger partial charge in [-0.1, -0.05) is 42.3 Å². The number of aromatic carboxylic acids is 1. The van der Waals surface area contributed by atoms with Crippen molar-refractivity contribution in [2.45, 2.75) is 59.0 Å². The van der Waals surface area contributed by atoms with Crippen LogP contribution in [0.25, 0.3) is 22.6 Å². The highest BCUT2D eigenvalue weighted by molar-refractivity contribution is 6.30. The lowest BCUT2D eigenvalue weighted by atomic mass is 10.1. The van der Waals surface area contributed by atoms with E-state index in [1.54, 1.807) is 7.11 Å². The molecule has 1 saturated carbocycles. The zero-order chi connectivity index (χ0) is 31.9. The number of rotatable bonds is 17. The van der Waals surface area contributed by atoms with Crippen LogP contribution < -0.4 is 10.1 Å². The molecule has 45 heavy (non-hydrogen) atoms. The fourth-order valence-electron chi connectivity index (χ4n) is 5.58. The van der Waals surface area contributed by atoms with E-state index in [0.29, 0.717) is 59.3 Å². The van der Waals surface area contributed by atoms with Gasteiger partial charge >= 0.3 is 5.97 Å². The van der Waals surface area contributed by atoms with Crippen molar-refractivity contribution in [3.63, 3.8) is 0 Å². The van der Waals surface area contributed by atoms with E-state index in [9.17, 15) is 9.90 Å². The average Bonchev–Trinajstić information content (AvgIpc) is 3.81. The van der Waals surface area contributed by atoms with E-state index in [0.717, 1.165) is 62.0 Å². The molecule has 5 rings (SSSR count). The van der Waals surface area contributed by atoms with Crippen molar-refractivity contribution in [2.75, 3.05) is 45.3 Å². The van der Waals surface area contributed by atoms with Gasteiger partial charge in [0.1, 0.15) is 17.1 Å². The summed E-state index contributed by atoms with van der Waals surface area (Å²) in [5.41, 5.74) is 3.83. The summed E-state index contributed by atoms with van der Waals surface area (Å²) in [6.07, 6.45) is 4.21. The Morgan fingerprint density at radius 1 is 1.11 bits per heavy atom. The molecule has 1 atom stereocenters. The van der Waals surface area contributed by atoms with Crippen LogP contribution >= 0.6 is 11.6 Å². The first-order chi connectivity index (χ1) is 21.8. The molecule has 240 valence electrons. The van der Waals surface area contributed by atoms with Gasteiger partial charge in [0.15, 0.2) is 11.5 Å². The highest BCUT2D eigenvalue weighted by Crippen LogP contribution is 2.37. The van der Waals surface area contributed by atoms with Crippen LogP contribution in [0.15, 0.2) is 42.5 Å². The highest BCUT2D eigenvalue weighted by atomic mass is 35.5. The first-order valence-corrected chi connectivity index (χ1v) is 16.1. The molecule has 0 saturated heterocycles. The van der Waals surface area contributed by atoms with Crippen molar-refractivity contribution in [2.24, 2.45) is 5.92 Å². The third-order valence-corrected chi connectivity index (χ3v) is 8.40. The standard InChI is InChI=1S/C34H43ClN6O4/c1-5-15-40(17-19-44-4)16-6-18-45-28-14-7-22(2)20-27(28)33-39-31-29(41(33)21-24-8-12-26(35)13-9-24)30(36-23(3)25-10-11-25)37-32(38-31)34(42)43/h7-9,12-14,20,23,25H,5-6,10-11,15-19,21H2,1-4H3,(H,42,43)(H,36,37,38)/t23-/m1/s1. The number of nitrogens with zero attached hydrogens (tertiary/aromatic N) is 5. The van der Waals surface area contributed by atoms with Crippen LogP contribution in [0.2, 0.25) is 5.02 Å². The number of hydrogen-bond donors (Lipinski definition) is 2. The maximum Gasteiger partial charge on any atom is 0.374 e. The van der Waals surface area contributed by atoms with Crippen LogP contribution in [-0.4, -0.2) is 81.5 Å². The predicted octanol–water partition coefficient (Wildman–Crippen LogP) is 6.54. The number of methoxy groups -OCH3 is 1. The molecule has 4 aromatic rings. The van der Waals surface area contributed by atoms with E-state index < -0.39 is 5.97 Å². The SMILES string of the molecule is CCCN(CCCOc1ccc(C)cc1-c1nc2nc(C(=O)O)nc(N[C@H](C)C3CC3)c2n1Cc1ccc(Cl)cc1)CCOC. The molecule has 0 spiro atoms. The topological polar surface area (TPSA) is 115 Å². The summed E-state index contributed by atoms with van der Waals surface area (Å²) in [6, 6.07) is 13.9. The maximum absolute atomic E-state index is 12.1. The molecule has 11 heteroatoms. The quantitative estimate of drug-likeness (QED) is 0.125. The minimum Gasteiger partial charge on any atom is -0.493 e.